The molecule has 1 aliphatic heterocycles. The van der Waals surface area contributed by atoms with Crippen LogP contribution < -0.4 is 4.74 Å². The second-order valence-electron chi connectivity index (χ2n) is 9.03. The highest BCUT2D eigenvalue weighted by Crippen LogP contribution is 2.34. The molecule has 0 spiro atoms. The van der Waals surface area contributed by atoms with E-state index < -0.39 is 42.0 Å². The van der Waals surface area contributed by atoms with E-state index >= 15 is 0 Å². The van der Waals surface area contributed by atoms with Crippen LogP contribution in [0, 0.1) is 0 Å². The molecule has 39 heavy (non-hydrogen) atoms. The molecule has 0 unspecified atom stereocenters. The van der Waals surface area contributed by atoms with Crippen molar-refractivity contribution < 1.29 is 47.5 Å². The van der Waals surface area contributed by atoms with Crippen molar-refractivity contribution in [2.75, 3.05) is 27.4 Å². The van der Waals surface area contributed by atoms with Gasteiger partial charge in [-0.2, -0.15) is 0 Å². The molecule has 0 aliphatic carbocycles. The molecule has 0 aromatic heterocycles. The van der Waals surface area contributed by atoms with Crippen molar-refractivity contribution in [3.63, 3.8) is 0 Å². The van der Waals surface area contributed by atoms with Crippen molar-refractivity contribution in [1.82, 2.24) is 0 Å². The molecule has 3 rings (SSSR count). The largest absolute Gasteiger partial charge is 0.497 e. The van der Waals surface area contributed by atoms with Crippen molar-refractivity contribution in [1.29, 1.82) is 0 Å². The van der Waals surface area contributed by atoms with Crippen molar-refractivity contribution in [2.24, 2.45) is 0 Å². The standard InChI is InChI=1S/C29H34O10/c1-6-35-28(32)22(16-24(30)34-5)25(36-17-19-12-14-21(33-4)15-13-19)26-23(38-29(2,3)39-26)18-37-27(31)20-10-8-7-9-11-20/h7-16,23,25-26H,6,17-18H2,1-5H3/b22-16-/t23-,25+,26-/m0/s1. The fraction of sp³-hybridized carbons (Fsp3) is 0.414. The lowest BCUT2D eigenvalue weighted by molar-refractivity contribution is -0.161. The summed E-state index contributed by atoms with van der Waals surface area (Å²) in [6.45, 7) is 4.93. The lowest BCUT2D eigenvalue weighted by atomic mass is 9.99. The van der Waals surface area contributed by atoms with Gasteiger partial charge >= 0.3 is 17.9 Å². The molecule has 3 atom stereocenters. The molecular weight excluding hydrogens is 508 g/mol. The number of ether oxygens (including phenoxy) is 7. The van der Waals surface area contributed by atoms with Gasteiger partial charge in [-0.3, -0.25) is 0 Å². The Morgan fingerprint density at radius 3 is 2.28 bits per heavy atom. The second-order valence-corrected chi connectivity index (χ2v) is 9.03. The van der Waals surface area contributed by atoms with Crippen LogP contribution in [0.3, 0.4) is 0 Å². The lowest BCUT2D eigenvalue weighted by Crippen LogP contribution is -2.43. The van der Waals surface area contributed by atoms with E-state index in [0.717, 1.165) is 11.6 Å². The van der Waals surface area contributed by atoms with E-state index in [4.69, 9.17) is 33.2 Å². The summed E-state index contributed by atoms with van der Waals surface area (Å²) in [7, 11) is 2.76. The van der Waals surface area contributed by atoms with Gasteiger partial charge in [0, 0.05) is 6.08 Å². The van der Waals surface area contributed by atoms with E-state index in [2.05, 4.69) is 0 Å². The van der Waals surface area contributed by atoms with Gasteiger partial charge < -0.3 is 33.2 Å². The third kappa shape index (κ3) is 8.38. The van der Waals surface area contributed by atoms with Crippen LogP contribution in [0.5, 0.6) is 5.75 Å². The Kier molecular flexibility index (Phi) is 10.6. The first kappa shape index (κ1) is 29.8. The molecule has 1 aliphatic rings. The Labute approximate surface area is 227 Å². The maximum absolute atomic E-state index is 13.0. The van der Waals surface area contributed by atoms with E-state index in [1.54, 1.807) is 82.5 Å². The summed E-state index contributed by atoms with van der Waals surface area (Å²) in [6, 6.07) is 15.7. The van der Waals surface area contributed by atoms with Crippen LogP contribution >= 0.6 is 0 Å². The van der Waals surface area contributed by atoms with E-state index in [0.29, 0.717) is 11.3 Å². The highest BCUT2D eigenvalue weighted by molar-refractivity contribution is 5.97. The summed E-state index contributed by atoms with van der Waals surface area (Å²) in [6.07, 6.45) is -1.93. The predicted octanol–water partition coefficient (Wildman–Crippen LogP) is 3.62. The van der Waals surface area contributed by atoms with E-state index in [1.807, 2.05) is 0 Å². The Morgan fingerprint density at radius 1 is 0.974 bits per heavy atom. The Bertz CT molecular complexity index is 1140. The molecule has 2 aromatic rings. The highest BCUT2D eigenvalue weighted by Gasteiger charge is 2.49. The number of hydrogen-bond acceptors (Lipinski definition) is 10. The minimum Gasteiger partial charge on any atom is -0.497 e. The Balaban J connectivity index is 1.92. The van der Waals surface area contributed by atoms with E-state index in [9.17, 15) is 14.4 Å². The Hall–Kier alpha value is -3.73. The summed E-state index contributed by atoms with van der Waals surface area (Å²) in [4.78, 5) is 37.9. The number of benzene rings is 2. The Morgan fingerprint density at radius 2 is 1.67 bits per heavy atom. The zero-order valence-electron chi connectivity index (χ0n) is 22.7. The molecule has 0 bridgehead atoms. The summed E-state index contributed by atoms with van der Waals surface area (Å²) in [5.74, 6) is -2.55. The first-order valence-corrected chi connectivity index (χ1v) is 12.5. The van der Waals surface area contributed by atoms with Gasteiger partial charge in [0.25, 0.3) is 0 Å². The minimum absolute atomic E-state index is 0.0450. The first-order valence-electron chi connectivity index (χ1n) is 12.5. The number of carbonyl (C=O) groups excluding carboxylic acids is 3. The van der Waals surface area contributed by atoms with Gasteiger partial charge in [0.1, 0.15) is 30.7 Å². The SMILES string of the molecule is CCOC(=O)/C(=C\C(=O)OC)[C@@H](OCc1ccc(OC)cc1)[C@H]1OC(C)(C)O[C@H]1COC(=O)c1ccccc1. The van der Waals surface area contributed by atoms with Gasteiger partial charge in [0.05, 0.1) is 38.6 Å². The smallest absolute Gasteiger partial charge is 0.338 e. The van der Waals surface area contributed by atoms with Gasteiger partial charge in [0.15, 0.2) is 5.79 Å². The van der Waals surface area contributed by atoms with Crippen molar-refractivity contribution in [3.05, 3.63) is 77.4 Å². The van der Waals surface area contributed by atoms with Crippen molar-refractivity contribution in [2.45, 2.75) is 51.5 Å². The average molecular weight is 543 g/mol. The third-order valence-electron chi connectivity index (χ3n) is 5.79. The summed E-state index contributed by atoms with van der Waals surface area (Å²) >= 11 is 0. The average Bonchev–Trinajstić information content (AvgIpc) is 3.25. The van der Waals surface area contributed by atoms with Gasteiger partial charge in [-0.1, -0.05) is 30.3 Å². The van der Waals surface area contributed by atoms with Crippen LogP contribution in [0.1, 0.15) is 36.7 Å². The molecule has 10 heteroatoms. The monoisotopic (exact) mass is 542 g/mol. The van der Waals surface area contributed by atoms with Crippen LogP contribution in [0.25, 0.3) is 0 Å². The predicted molar refractivity (Wildman–Crippen MR) is 139 cm³/mol. The fourth-order valence-corrected chi connectivity index (χ4v) is 3.99. The van der Waals surface area contributed by atoms with Gasteiger partial charge in [0.2, 0.25) is 0 Å². The zero-order chi connectivity index (χ0) is 28.4. The van der Waals surface area contributed by atoms with Crippen molar-refractivity contribution >= 4 is 17.9 Å². The summed E-state index contributed by atoms with van der Waals surface area (Å²) < 4.78 is 39.1. The fourth-order valence-electron chi connectivity index (χ4n) is 3.99. The van der Waals surface area contributed by atoms with Crippen LogP contribution in [-0.4, -0.2) is 69.4 Å². The molecule has 10 nitrogen and oxygen atoms in total. The topological polar surface area (TPSA) is 116 Å². The van der Waals surface area contributed by atoms with Crippen LogP contribution in [0.2, 0.25) is 0 Å². The third-order valence-corrected chi connectivity index (χ3v) is 5.79. The number of hydrogen-bond donors (Lipinski definition) is 0. The molecule has 2 aromatic carbocycles. The molecule has 1 fully saturated rings. The normalized spacial score (nSPS) is 19.2. The van der Waals surface area contributed by atoms with E-state index in [-0.39, 0.29) is 25.4 Å². The second kappa shape index (κ2) is 13.9. The molecule has 0 saturated carbocycles. The summed E-state index contributed by atoms with van der Waals surface area (Å²) in [5.41, 5.74) is 1.02. The minimum atomic E-state index is -1.15. The highest BCUT2D eigenvalue weighted by atomic mass is 16.8. The van der Waals surface area contributed by atoms with Gasteiger partial charge in [-0.15, -0.1) is 0 Å². The van der Waals surface area contributed by atoms with Crippen LogP contribution in [-0.2, 0) is 44.6 Å². The van der Waals surface area contributed by atoms with E-state index in [1.165, 1.54) is 7.11 Å². The molecule has 1 saturated heterocycles. The molecule has 0 amide bonds. The zero-order valence-corrected chi connectivity index (χ0v) is 22.7. The number of methoxy groups -OCH3 is 2. The molecular formula is C29H34O10. The quantitative estimate of drug-likeness (QED) is 0.224. The van der Waals surface area contributed by atoms with Gasteiger partial charge in [-0.05, 0) is 50.6 Å². The molecule has 1 heterocycles. The van der Waals surface area contributed by atoms with Crippen molar-refractivity contribution in [3.8, 4) is 5.75 Å². The number of rotatable bonds is 12. The molecule has 0 radical (unpaired) electrons. The van der Waals surface area contributed by atoms with Crippen LogP contribution in [0.4, 0.5) is 0 Å². The lowest BCUT2D eigenvalue weighted by Gasteiger charge is -2.28. The van der Waals surface area contributed by atoms with Crippen LogP contribution in [0.15, 0.2) is 66.2 Å². The number of esters is 3. The maximum atomic E-state index is 13.0. The first-order chi connectivity index (χ1) is 18.7. The molecule has 0 N–H and O–H groups in total. The van der Waals surface area contributed by atoms with Gasteiger partial charge in [-0.25, -0.2) is 14.4 Å². The molecule has 210 valence electrons. The number of carbonyl (C=O) groups is 3. The maximum Gasteiger partial charge on any atom is 0.338 e. The summed E-state index contributed by atoms with van der Waals surface area (Å²) in [5, 5.41) is 0.